The normalized spacial score (nSPS) is 14.0. The van der Waals surface area contributed by atoms with Crippen LogP contribution < -0.4 is 32.3 Å². The van der Waals surface area contributed by atoms with Gasteiger partial charge in [-0.05, 0) is 66.4 Å². The average Bonchev–Trinajstić information content (AvgIpc) is 3.09. The predicted octanol–water partition coefficient (Wildman–Crippen LogP) is 4.15. The molecule has 7 N–H and O–H groups in total. The molecule has 0 aromatic heterocycles. The van der Waals surface area contributed by atoms with Gasteiger partial charge in [0.15, 0.2) is 5.78 Å². The van der Waals surface area contributed by atoms with E-state index in [2.05, 4.69) is 39.2 Å². The molecule has 0 aliphatic heterocycles. The quantitative estimate of drug-likeness (QED) is 0.0630. The fourth-order valence-corrected chi connectivity index (χ4v) is 5.93. The van der Waals surface area contributed by atoms with Crippen LogP contribution in [0.25, 0.3) is 0 Å². The first kappa shape index (κ1) is 48.7. The first-order valence-corrected chi connectivity index (χ1v) is 19.6. The standard InChI is InChI=1S/C39H65N7O8S/c1-22(2)31(34(48)25(7)8)45-37(51)33(24(5)6)46(10)39(53)54-21-27-16-18-28(19-17-27)42-35(49)29(14-12-20-41-38(40)52)43-36(50)32(23(3)4)44-30(47)15-11-13-26(9)55/h16-19,22-26,29,31-33,55H,11-15,20-21H2,1-10H3,(H,42,49)(H,43,50)(H,44,47)(H,45,51)(H3,40,41,52)/t26?,29-,31-,32-,33-/m0/s1. The number of ketones is 1. The number of thiol groups is 1. The molecule has 0 aliphatic carbocycles. The van der Waals surface area contributed by atoms with Gasteiger partial charge in [-0.2, -0.15) is 12.6 Å². The van der Waals surface area contributed by atoms with Crippen molar-refractivity contribution in [3.05, 3.63) is 29.8 Å². The Labute approximate surface area is 332 Å². The number of nitrogens with two attached hydrogens (primary N) is 1. The van der Waals surface area contributed by atoms with Gasteiger partial charge in [-0.1, -0.05) is 74.4 Å². The zero-order chi connectivity index (χ0) is 42.0. The van der Waals surface area contributed by atoms with Crippen LogP contribution in [-0.2, 0) is 35.3 Å². The van der Waals surface area contributed by atoms with Gasteiger partial charge in [-0.25, -0.2) is 9.59 Å². The van der Waals surface area contributed by atoms with Crippen molar-refractivity contribution >= 4 is 59.9 Å². The third-order valence-electron chi connectivity index (χ3n) is 8.92. The smallest absolute Gasteiger partial charge is 0.410 e. The summed E-state index contributed by atoms with van der Waals surface area (Å²) < 4.78 is 5.52. The molecule has 0 saturated carbocycles. The maximum absolute atomic E-state index is 13.5. The van der Waals surface area contributed by atoms with Crippen molar-refractivity contribution in [2.24, 2.45) is 29.4 Å². The predicted molar refractivity (Wildman–Crippen MR) is 216 cm³/mol. The minimum absolute atomic E-state index is 0.0837. The number of rotatable bonds is 23. The van der Waals surface area contributed by atoms with Crippen LogP contribution >= 0.6 is 12.6 Å². The van der Waals surface area contributed by atoms with E-state index < -0.39 is 54.0 Å². The molecular formula is C39H65N7O8S. The van der Waals surface area contributed by atoms with E-state index in [-0.39, 0.29) is 66.6 Å². The van der Waals surface area contributed by atoms with Crippen LogP contribution in [0.3, 0.4) is 0 Å². The highest BCUT2D eigenvalue weighted by atomic mass is 32.1. The van der Waals surface area contributed by atoms with Crippen molar-refractivity contribution < 1.29 is 38.3 Å². The highest BCUT2D eigenvalue weighted by Gasteiger charge is 2.35. The van der Waals surface area contributed by atoms with E-state index in [1.807, 2.05) is 20.8 Å². The van der Waals surface area contributed by atoms with Gasteiger partial charge < -0.3 is 37.1 Å². The van der Waals surface area contributed by atoms with E-state index >= 15 is 0 Å². The molecule has 0 spiro atoms. The van der Waals surface area contributed by atoms with E-state index in [0.29, 0.717) is 24.1 Å². The van der Waals surface area contributed by atoms with Gasteiger partial charge in [0, 0.05) is 31.6 Å². The lowest BCUT2D eigenvalue weighted by molar-refractivity contribution is -0.133. The van der Waals surface area contributed by atoms with Gasteiger partial charge in [0.05, 0.1) is 6.04 Å². The number of hydrogen-bond acceptors (Lipinski definition) is 9. The Balaban J connectivity index is 2.98. The maximum Gasteiger partial charge on any atom is 0.410 e. The summed E-state index contributed by atoms with van der Waals surface area (Å²) in [5.74, 6) is -2.77. The summed E-state index contributed by atoms with van der Waals surface area (Å²) in [6.07, 6.45) is 1.38. The monoisotopic (exact) mass is 791 g/mol. The Morgan fingerprint density at radius 2 is 1.35 bits per heavy atom. The van der Waals surface area contributed by atoms with E-state index in [1.54, 1.807) is 65.8 Å². The van der Waals surface area contributed by atoms with Crippen molar-refractivity contribution in [1.82, 2.24) is 26.2 Å². The number of nitrogens with one attached hydrogen (secondary N) is 5. The summed E-state index contributed by atoms with van der Waals surface area (Å²) in [5.41, 5.74) is 6.18. The third kappa shape index (κ3) is 17.8. The van der Waals surface area contributed by atoms with E-state index in [0.717, 1.165) is 6.42 Å². The Hall–Kier alpha value is -4.34. The van der Waals surface area contributed by atoms with Crippen LogP contribution in [0.15, 0.2) is 24.3 Å². The molecule has 0 saturated heterocycles. The number of anilines is 1. The van der Waals surface area contributed by atoms with Crippen LogP contribution in [0.5, 0.6) is 0 Å². The van der Waals surface area contributed by atoms with Gasteiger partial charge in [-0.15, -0.1) is 0 Å². The highest BCUT2D eigenvalue weighted by Crippen LogP contribution is 2.17. The number of amides is 7. The molecule has 310 valence electrons. The molecule has 1 aromatic carbocycles. The average molecular weight is 792 g/mol. The van der Waals surface area contributed by atoms with Crippen molar-refractivity contribution in [2.45, 2.75) is 130 Å². The molecule has 0 heterocycles. The first-order chi connectivity index (χ1) is 25.7. The second kappa shape index (κ2) is 24.2. The molecular weight excluding hydrogens is 727 g/mol. The lowest BCUT2D eigenvalue weighted by Gasteiger charge is -2.32. The number of ether oxygens (including phenoxy) is 1. The first-order valence-electron chi connectivity index (χ1n) is 19.1. The lowest BCUT2D eigenvalue weighted by Crippen LogP contribution is -2.55. The van der Waals surface area contributed by atoms with E-state index in [1.165, 1.54) is 11.9 Å². The highest BCUT2D eigenvalue weighted by molar-refractivity contribution is 7.80. The Morgan fingerprint density at radius 1 is 0.745 bits per heavy atom. The molecule has 0 aliphatic rings. The molecule has 7 amide bonds. The number of urea groups is 1. The Bertz CT molecular complexity index is 1440. The number of carbonyl (C=O) groups excluding carboxylic acids is 7. The second-order valence-electron chi connectivity index (χ2n) is 15.4. The molecule has 15 nitrogen and oxygen atoms in total. The summed E-state index contributed by atoms with van der Waals surface area (Å²) in [6, 6.07) is 2.38. The van der Waals surface area contributed by atoms with Crippen LogP contribution in [0.4, 0.5) is 15.3 Å². The number of Topliss-reactive ketones (excluding diaryl/α,β-unsaturated/α-hetero) is 1. The van der Waals surface area contributed by atoms with Gasteiger partial charge in [-0.3, -0.25) is 28.9 Å². The molecule has 1 aromatic rings. The van der Waals surface area contributed by atoms with E-state index in [4.69, 9.17) is 10.5 Å². The number of benzene rings is 1. The summed E-state index contributed by atoms with van der Waals surface area (Å²) in [6.45, 7) is 16.5. The topological polar surface area (TPSA) is 218 Å². The van der Waals surface area contributed by atoms with Crippen molar-refractivity contribution in [1.29, 1.82) is 0 Å². The molecule has 5 atom stereocenters. The van der Waals surface area contributed by atoms with Gasteiger partial charge >= 0.3 is 12.1 Å². The maximum atomic E-state index is 13.5. The molecule has 0 radical (unpaired) electrons. The summed E-state index contributed by atoms with van der Waals surface area (Å²) >= 11 is 4.34. The molecule has 0 bridgehead atoms. The number of likely N-dealkylation sites (N-methyl/N-ethyl adjacent to an activating group) is 1. The molecule has 16 heteroatoms. The number of primary amides is 1. The molecule has 0 fully saturated rings. The van der Waals surface area contributed by atoms with E-state index in [9.17, 15) is 33.6 Å². The van der Waals surface area contributed by atoms with Gasteiger partial charge in [0.25, 0.3) is 0 Å². The summed E-state index contributed by atoms with van der Waals surface area (Å²) in [7, 11) is 1.47. The molecule has 1 rings (SSSR count). The van der Waals surface area contributed by atoms with Gasteiger partial charge in [0.2, 0.25) is 23.6 Å². The number of carbonyl (C=O) groups is 7. The zero-order valence-electron chi connectivity index (χ0n) is 34.2. The van der Waals surface area contributed by atoms with Crippen molar-refractivity contribution in [3.8, 4) is 0 Å². The Morgan fingerprint density at radius 3 is 1.85 bits per heavy atom. The largest absolute Gasteiger partial charge is 0.445 e. The molecule has 55 heavy (non-hydrogen) atoms. The number of hydrogen-bond donors (Lipinski definition) is 7. The Kier molecular flexibility index (Phi) is 21.4. The third-order valence-corrected chi connectivity index (χ3v) is 9.18. The molecule has 1 unspecified atom stereocenters. The SMILES string of the molecule is CC(S)CCCC(=O)N[C@H](C(=O)N[C@@H](CCCNC(N)=O)C(=O)Nc1ccc(COC(=O)N(C)[C@H](C(=O)N[C@H](C(=O)C(C)C)C(C)C)C(C)C)cc1)C(C)C. The van der Waals surface area contributed by atoms with Crippen LogP contribution in [0.2, 0.25) is 0 Å². The fraction of sp³-hybridized carbons (Fsp3) is 0.667. The zero-order valence-corrected chi connectivity index (χ0v) is 35.1. The number of nitrogens with zero attached hydrogens (tertiary/aromatic N) is 1. The minimum atomic E-state index is -1.01. The van der Waals surface area contributed by atoms with Crippen LogP contribution in [0.1, 0.15) is 100.0 Å². The van der Waals surface area contributed by atoms with Crippen molar-refractivity contribution in [3.63, 3.8) is 0 Å². The summed E-state index contributed by atoms with van der Waals surface area (Å²) in [5, 5.41) is 13.8. The minimum Gasteiger partial charge on any atom is -0.445 e. The van der Waals surface area contributed by atoms with Crippen molar-refractivity contribution in [2.75, 3.05) is 18.9 Å². The van der Waals surface area contributed by atoms with Crippen LogP contribution in [-0.4, -0.2) is 89.4 Å². The van der Waals surface area contributed by atoms with Gasteiger partial charge in [0.1, 0.15) is 24.7 Å². The van der Waals surface area contributed by atoms with Crippen LogP contribution in [0, 0.1) is 23.7 Å². The lowest BCUT2D eigenvalue weighted by atomic mass is 9.92. The summed E-state index contributed by atoms with van der Waals surface area (Å²) in [4.78, 5) is 91.0. The fourth-order valence-electron chi connectivity index (χ4n) is 5.75. The second-order valence-corrected chi connectivity index (χ2v) is 16.2.